The number of imidazole rings is 1. The summed E-state index contributed by atoms with van der Waals surface area (Å²) in [6.45, 7) is 5.59. The number of hydrogen-bond donors (Lipinski definition) is 1. The molecule has 3 nitrogen and oxygen atoms in total. The number of hydrogen-bond acceptors (Lipinski definition) is 2. The summed E-state index contributed by atoms with van der Waals surface area (Å²) in [7, 11) is 0. The van der Waals surface area contributed by atoms with E-state index in [-0.39, 0.29) is 0 Å². The highest BCUT2D eigenvalue weighted by molar-refractivity contribution is 7.71. The molecule has 0 aliphatic carbocycles. The molecule has 0 aliphatic heterocycles. The predicted molar refractivity (Wildman–Crippen MR) is 82.8 cm³/mol. The van der Waals surface area contributed by atoms with Crippen molar-refractivity contribution in [1.82, 2.24) is 14.5 Å². The first-order valence-corrected chi connectivity index (χ1v) is 7.62. The van der Waals surface area contributed by atoms with Gasteiger partial charge in [-0.3, -0.25) is 4.98 Å². The van der Waals surface area contributed by atoms with E-state index in [1.807, 2.05) is 18.5 Å². The topological polar surface area (TPSA) is 33.6 Å². The SMILES string of the molecule is CC(C)CCCCCCn1c(=S)[nH]c2cnccc21. The number of aryl methyl sites for hydroxylation is 1. The van der Waals surface area contributed by atoms with E-state index in [2.05, 4.69) is 28.4 Å². The van der Waals surface area contributed by atoms with Gasteiger partial charge in [-0.1, -0.05) is 39.5 Å². The molecule has 4 heteroatoms. The standard InChI is InChI=1S/C15H23N3S/c1-12(2)7-5-3-4-6-10-18-14-8-9-16-11-13(14)17-15(18)19/h8-9,11-12H,3-7,10H2,1-2H3,(H,17,19). The van der Waals surface area contributed by atoms with E-state index in [9.17, 15) is 0 Å². The van der Waals surface area contributed by atoms with E-state index < -0.39 is 0 Å². The Morgan fingerprint density at radius 1 is 1.26 bits per heavy atom. The first-order chi connectivity index (χ1) is 9.18. The molecular weight excluding hydrogens is 254 g/mol. The van der Waals surface area contributed by atoms with Crippen molar-refractivity contribution < 1.29 is 0 Å². The van der Waals surface area contributed by atoms with Crippen LogP contribution in [-0.2, 0) is 6.54 Å². The van der Waals surface area contributed by atoms with Gasteiger partial charge in [0.1, 0.15) is 0 Å². The lowest BCUT2D eigenvalue weighted by atomic mass is 10.0. The highest BCUT2D eigenvalue weighted by Crippen LogP contribution is 2.15. The maximum atomic E-state index is 5.37. The quantitative estimate of drug-likeness (QED) is 0.588. The molecule has 0 bridgehead atoms. The summed E-state index contributed by atoms with van der Waals surface area (Å²) in [6, 6.07) is 2.03. The van der Waals surface area contributed by atoms with Crippen LogP contribution in [0, 0.1) is 10.7 Å². The summed E-state index contributed by atoms with van der Waals surface area (Å²) >= 11 is 5.37. The van der Waals surface area contributed by atoms with Crippen molar-refractivity contribution in [3.63, 3.8) is 0 Å². The Labute approximate surface area is 120 Å². The zero-order valence-electron chi connectivity index (χ0n) is 11.9. The number of aromatic nitrogens is 3. The highest BCUT2D eigenvalue weighted by atomic mass is 32.1. The molecule has 0 aliphatic rings. The number of nitrogens with one attached hydrogen (secondary N) is 1. The van der Waals surface area contributed by atoms with Crippen molar-refractivity contribution in [3.05, 3.63) is 23.2 Å². The van der Waals surface area contributed by atoms with Gasteiger partial charge in [-0.05, 0) is 30.6 Å². The number of rotatable bonds is 7. The Balaban J connectivity index is 1.85. The van der Waals surface area contributed by atoms with Gasteiger partial charge in [-0.2, -0.15) is 0 Å². The summed E-state index contributed by atoms with van der Waals surface area (Å²) in [4.78, 5) is 7.32. The average Bonchev–Trinajstić information content (AvgIpc) is 2.69. The smallest absolute Gasteiger partial charge is 0.178 e. The van der Waals surface area contributed by atoms with Gasteiger partial charge in [0.05, 0.1) is 17.2 Å². The summed E-state index contributed by atoms with van der Waals surface area (Å²) in [5.41, 5.74) is 2.20. The first kappa shape index (κ1) is 14.3. The molecule has 2 heterocycles. The van der Waals surface area contributed by atoms with E-state index in [4.69, 9.17) is 12.2 Å². The lowest BCUT2D eigenvalue weighted by molar-refractivity contribution is 0.507. The van der Waals surface area contributed by atoms with E-state index in [0.29, 0.717) is 0 Å². The van der Waals surface area contributed by atoms with Crippen LogP contribution in [0.1, 0.15) is 46.0 Å². The molecule has 104 valence electrons. The van der Waals surface area contributed by atoms with Crippen LogP contribution in [0.3, 0.4) is 0 Å². The monoisotopic (exact) mass is 277 g/mol. The molecule has 2 aromatic heterocycles. The van der Waals surface area contributed by atoms with Gasteiger partial charge in [0.15, 0.2) is 4.77 Å². The molecule has 1 N–H and O–H groups in total. The van der Waals surface area contributed by atoms with Crippen LogP contribution >= 0.6 is 12.2 Å². The van der Waals surface area contributed by atoms with Gasteiger partial charge in [0.2, 0.25) is 0 Å². The molecule has 0 radical (unpaired) electrons. The number of fused-ring (bicyclic) bond motifs is 1. The van der Waals surface area contributed by atoms with E-state index in [1.54, 1.807) is 0 Å². The van der Waals surface area contributed by atoms with Gasteiger partial charge in [-0.25, -0.2) is 0 Å². The third-order valence-electron chi connectivity index (χ3n) is 3.49. The molecule has 2 rings (SSSR count). The Morgan fingerprint density at radius 2 is 2.05 bits per heavy atom. The third-order valence-corrected chi connectivity index (χ3v) is 3.81. The summed E-state index contributed by atoms with van der Waals surface area (Å²) in [6.07, 6.45) is 10.2. The van der Waals surface area contributed by atoms with Crippen molar-refractivity contribution in [3.8, 4) is 0 Å². The Hall–Kier alpha value is -1.16. The maximum Gasteiger partial charge on any atom is 0.178 e. The fourth-order valence-electron chi connectivity index (χ4n) is 2.41. The predicted octanol–water partition coefficient (Wildman–Crippen LogP) is 4.70. The number of nitrogens with zero attached hydrogens (tertiary/aromatic N) is 2. The maximum absolute atomic E-state index is 5.37. The van der Waals surface area contributed by atoms with E-state index >= 15 is 0 Å². The summed E-state index contributed by atoms with van der Waals surface area (Å²) in [5, 5.41) is 0. The van der Waals surface area contributed by atoms with Crippen LogP contribution in [0.2, 0.25) is 0 Å². The van der Waals surface area contributed by atoms with Crippen LogP contribution in [0.4, 0.5) is 0 Å². The zero-order valence-corrected chi connectivity index (χ0v) is 12.7. The third kappa shape index (κ3) is 3.90. The molecule has 0 atom stereocenters. The van der Waals surface area contributed by atoms with Gasteiger partial charge in [0.25, 0.3) is 0 Å². The minimum Gasteiger partial charge on any atom is -0.329 e. The van der Waals surface area contributed by atoms with Crippen LogP contribution in [-0.4, -0.2) is 14.5 Å². The Bertz CT molecular complexity index is 568. The molecule has 0 saturated carbocycles. The summed E-state index contributed by atoms with van der Waals surface area (Å²) in [5.74, 6) is 0.828. The minimum atomic E-state index is 0.810. The average molecular weight is 277 g/mol. The highest BCUT2D eigenvalue weighted by Gasteiger charge is 2.03. The van der Waals surface area contributed by atoms with E-state index in [0.717, 1.165) is 22.8 Å². The normalized spacial score (nSPS) is 11.5. The fraction of sp³-hybridized carbons (Fsp3) is 0.600. The van der Waals surface area contributed by atoms with Crippen molar-refractivity contribution in [1.29, 1.82) is 0 Å². The second-order valence-corrected chi connectivity index (χ2v) is 5.96. The second kappa shape index (κ2) is 6.85. The van der Waals surface area contributed by atoms with Gasteiger partial charge >= 0.3 is 0 Å². The van der Waals surface area contributed by atoms with Gasteiger partial charge < -0.3 is 9.55 Å². The van der Waals surface area contributed by atoms with E-state index in [1.165, 1.54) is 37.6 Å². The summed E-state index contributed by atoms with van der Waals surface area (Å²) < 4.78 is 3.00. The first-order valence-electron chi connectivity index (χ1n) is 7.21. The second-order valence-electron chi connectivity index (χ2n) is 5.57. The molecule has 19 heavy (non-hydrogen) atoms. The molecule has 0 unspecified atom stereocenters. The fourth-order valence-corrected chi connectivity index (χ4v) is 2.71. The molecule has 0 amide bonds. The molecule has 0 aromatic carbocycles. The van der Waals surface area contributed by atoms with Crippen molar-refractivity contribution >= 4 is 23.3 Å². The van der Waals surface area contributed by atoms with Crippen molar-refractivity contribution in [2.75, 3.05) is 0 Å². The number of H-pyrrole nitrogens is 1. The van der Waals surface area contributed by atoms with Gasteiger partial charge in [-0.15, -0.1) is 0 Å². The lowest BCUT2D eigenvalue weighted by Gasteiger charge is -2.06. The largest absolute Gasteiger partial charge is 0.329 e. The van der Waals surface area contributed by atoms with Crippen molar-refractivity contribution in [2.24, 2.45) is 5.92 Å². The zero-order chi connectivity index (χ0) is 13.7. The lowest BCUT2D eigenvalue weighted by Crippen LogP contribution is -1.98. The van der Waals surface area contributed by atoms with Crippen LogP contribution in [0.5, 0.6) is 0 Å². The molecular formula is C15H23N3S. The van der Waals surface area contributed by atoms with Crippen molar-refractivity contribution in [2.45, 2.75) is 52.5 Å². The molecule has 0 saturated heterocycles. The Kier molecular flexibility index (Phi) is 5.14. The van der Waals surface area contributed by atoms with Gasteiger partial charge in [0, 0.05) is 12.7 Å². The molecule has 0 fully saturated rings. The van der Waals surface area contributed by atoms with Crippen LogP contribution in [0.15, 0.2) is 18.5 Å². The molecule has 0 spiro atoms. The number of pyridine rings is 1. The number of unbranched alkanes of at least 4 members (excludes halogenated alkanes) is 3. The van der Waals surface area contributed by atoms with Crippen LogP contribution in [0.25, 0.3) is 11.0 Å². The van der Waals surface area contributed by atoms with Crippen LogP contribution < -0.4 is 0 Å². The Morgan fingerprint density at radius 3 is 2.84 bits per heavy atom. The number of aromatic amines is 1. The molecule has 2 aromatic rings. The minimum absolute atomic E-state index is 0.810.